The van der Waals surface area contributed by atoms with Crippen LogP contribution in [-0.2, 0) is 0 Å². The molecule has 1 nitrogen and oxygen atoms in total. The molecule has 3 heteroatoms. The maximum Gasteiger partial charge on any atom is 0.156 e. The molecule has 0 aliphatic heterocycles. The molecule has 0 amide bonds. The van der Waals surface area contributed by atoms with Gasteiger partial charge < -0.3 is 5.11 Å². The summed E-state index contributed by atoms with van der Waals surface area (Å²) in [7, 11) is 0. The van der Waals surface area contributed by atoms with Crippen LogP contribution in [0.3, 0.4) is 0 Å². The van der Waals surface area contributed by atoms with Gasteiger partial charge in [0.25, 0.3) is 0 Å². The third-order valence-corrected chi connectivity index (χ3v) is 1.83. The lowest BCUT2D eigenvalue weighted by Gasteiger charge is -1.87. The molecule has 1 aliphatic rings. The van der Waals surface area contributed by atoms with Crippen molar-refractivity contribution in [2.24, 2.45) is 0 Å². The quantitative estimate of drug-likeness (QED) is 0.479. The first kappa shape index (κ1) is 4.69. The second-order valence-corrected chi connectivity index (χ2v) is 2.67. The van der Waals surface area contributed by atoms with Gasteiger partial charge in [-0.2, -0.15) is 0 Å². The van der Waals surface area contributed by atoms with E-state index in [1.54, 1.807) is 0 Å². The smallest absolute Gasteiger partial charge is 0.156 e. The summed E-state index contributed by atoms with van der Waals surface area (Å²) in [5.74, 6) is 0. The molecule has 2 atom stereocenters. The van der Waals surface area contributed by atoms with E-state index in [0.717, 1.165) is 0 Å². The van der Waals surface area contributed by atoms with Gasteiger partial charge in [-0.1, -0.05) is 11.6 Å². The zero-order valence-electron chi connectivity index (χ0n) is 2.99. The average molecular weight is 127 g/mol. The fourth-order valence-electron chi connectivity index (χ4n) is 0.192. The molecule has 1 saturated carbocycles. The molecular weight excluding hydrogens is 123 g/mol. The van der Waals surface area contributed by atoms with Gasteiger partial charge >= 0.3 is 0 Å². The monoisotopic (exact) mass is 126 g/mol. The highest BCUT2D eigenvalue weighted by Crippen LogP contribution is 2.44. The molecule has 0 aromatic heterocycles. The average Bonchev–Trinajstić information content (AvgIpc) is 1.73. The first-order valence-electron chi connectivity index (χ1n) is 1.68. The SMILES string of the molecule is OC1(Cl)CC1Cl. The Morgan fingerprint density at radius 2 is 2.00 bits per heavy atom. The van der Waals surface area contributed by atoms with Gasteiger partial charge in [-0.05, 0) is 0 Å². The van der Waals surface area contributed by atoms with E-state index in [1.807, 2.05) is 0 Å². The van der Waals surface area contributed by atoms with Crippen LogP contribution in [0.15, 0.2) is 0 Å². The molecule has 0 saturated heterocycles. The van der Waals surface area contributed by atoms with Crippen LogP contribution in [-0.4, -0.2) is 15.5 Å². The third-order valence-electron chi connectivity index (χ3n) is 0.785. The summed E-state index contributed by atoms with van der Waals surface area (Å²) < 4.78 is 0. The number of hydrogen-bond donors (Lipinski definition) is 1. The summed E-state index contributed by atoms with van der Waals surface area (Å²) in [6.07, 6.45) is 0.524. The first-order valence-corrected chi connectivity index (χ1v) is 2.50. The van der Waals surface area contributed by atoms with Crippen LogP contribution < -0.4 is 0 Å². The number of hydrogen-bond acceptors (Lipinski definition) is 1. The molecule has 0 spiro atoms. The fourth-order valence-corrected chi connectivity index (χ4v) is 0.661. The van der Waals surface area contributed by atoms with Gasteiger partial charge in [0.1, 0.15) is 0 Å². The molecule has 0 bridgehead atoms. The van der Waals surface area contributed by atoms with E-state index in [2.05, 4.69) is 0 Å². The standard InChI is InChI=1S/C3H4Cl2O/c4-2-1-3(2,5)6/h2,6H,1H2. The van der Waals surface area contributed by atoms with E-state index >= 15 is 0 Å². The summed E-state index contributed by atoms with van der Waals surface area (Å²) in [6, 6.07) is 0. The van der Waals surface area contributed by atoms with Crippen LogP contribution >= 0.6 is 23.2 Å². The zero-order chi connectivity index (χ0) is 4.78. The van der Waals surface area contributed by atoms with E-state index in [9.17, 15) is 0 Å². The number of halogens is 2. The van der Waals surface area contributed by atoms with Crippen LogP contribution in [0.1, 0.15) is 6.42 Å². The molecule has 0 aromatic rings. The van der Waals surface area contributed by atoms with Gasteiger partial charge in [0, 0.05) is 6.42 Å². The van der Waals surface area contributed by atoms with Crippen molar-refractivity contribution < 1.29 is 5.11 Å². The molecule has 1 aliphatic carbocycles. The number of alkyl halides is 2. The molecule has 1 rings (SSSR count). The third kappa shape index (κ3) is 0.625. The Morgan fingerprint density at radius 3 is 2.00 bits per heavy atom. The summed E-state index contributed by atoms with van der Waals surface area (Å²) in [4.78, 5) is 0. The Hall–Kier alpha value is 0.540. The van der Waals surface area contributed by atoms with Crippen LogP contribution in [0.5, 0.6) is 0 Å². The van der Waals surface area contributed by atoms with Crippen molar-refractivity contribution in [1.29, 1.82) is 0 Å². The van der Waals surface area contributed by atoms with Gasteiger partial charge in [0.05, 0.1) is 5.38 Å². The van der Waals surface area contributed by atoms with E-state index in [4.69, 9.17) is 28.3 Å². The predicted octanol–water partition coefficient (Wildman–Crippen LogP) is 0.925. The Morgan fingerprint density at radius 1 is 1.83 bits per heavy atom. The van der Waals surface area contributed by atoms with Crippen LogP contribution in [0.4, 0.5) is 0 Å². The van der Waals surface area contributed by atoms with Crippen LogP contribution in [0, 0.1) is 0 Å². The van der Waals surface area contributed by atoms with Crippen molar-refractivity contribution in [3.8, 4) is 0 Å². The summed E-state index contributed by atoms with van der Waals surface area (Å²) in [5.41, 5.74) is 0. The van der Waals surface area contributed by atoms with Crippen molar-refractivity contribution in [3.05, 3.63) is 0 Å². The van der Waals surface area contributed by atoms with Crippen molar-refractivity contribution in [2.75, 3.05) is 0 Å². The highest BCUT2D eigenvalue weighted by atomic mass is 35.5. The van der Waals surface area contributed by atoms with Crippen LogP contribution in [0.25, 0.3) is 0 Å². The first-order chi connectivity index (χ1) is 2.63. The fraction of sp³-hybridized carbons (Fsp3) is 1.00. The van der Waals surface area contributed by atoms with E-state index in [0.29, 0.717) is 6.42 Å². The number of rotatable bonds is 0. The lowest BCUT2D eigenvalue weighted by Crippen LogP contribution is -1.96. The zero-order valence-corrected chi connectivity index (χ0v) is 4.50. The highest BCUT2D eigenvalue weighted by molar-refractivity contribution is 6.35. The van der Waals surface area contributed by atoms with Crippen molar-refractivity contribution in [1.82, 2.24) is 0 Å². The second kappa shape index (κ2) is 1.03. The van der Waals surface area contributed by atoms with Crippen molar-refractivity contribution in [3.63, 3.8) is 0 Å². The molecule has 0 heterocycles. The minimum atomic E-state index is -1.05. The molecule has 36 valence electrons. The van der Waals surface area contributed by atoms with Gasteiger partial charge in [-0.15, -0.1) is 11.6 Å². The molecule has 1 fully saturated rings. The Bertz CT molecular complexity index is 71.2. The maximum absolute atomic E-state index is 8.53. The van der Waals surface area contributed by atoms with E-state index in [1.165, 1.54) is 0 Å². The van der Waals surface area contributed by atoms with Gasteiger partial charge in [-0.3, -0.25) is 0 Å². The molecule has 0 radical (unpaired) electrons. The molecule has 2 unspecified atom stereocenters. The lowest BCUT2D eigenvalue weighted by molar-refractivity contribution is 0.239. The highest BCUT2D eigenvalue weighted by Gasteiger charge is 2.50. The van der Waals surface area contributed by atoms with E-state index in [-0.39, 0.29) is 5.38 Å². The molecule has 1 N–H and O–H groups in total. The summed E-state index contributed by atoms with van der Waals surface area (Å²) in [5, 5.41) is 7.27. The minimum absolute atomic E-state index is 0.209. The Labute approximate surface area is 45.9 Å². The largest absolute Gasteiger partial charge is 0.373 e. The normalized spacial score (nSPS) is 55.5. The summed E-state index contributed by atoms with van der Waals surface area (Å²) in [6.45, 7) is 0. The lowest BCUT2D eigenvalue weighted by atomic mass is 10.8. The maximum atomic E-state index is 8.53. The van der Waals surface area contributed by atoms with E-state index < -0.39 is 5.06 Å². The van der Waals surface area contributed by atoms with Gasteiger partial charge in [-0.25, -0.2) is 0 Å². The van der Waals surface area contributed by atoms with Crippen LogP contribution in [0.2, 0.25) is 0 Å². The topological polar surface area (TPSA) is 20.2 Å². The van der Waals surface area contributed by atoms with Gasteiger partial charge in [0.15, 0.2) is 5.06 Å². The molecule has 6 heavy (non-hydrogen) atoms. The molecular formula is C3H4Cl2O. The number of aliphatic hydroxyl groups is 1. The Balaban J connectivity index is 2.41. The van der Waals surface area contributed by atoms with Crippen molar-refractivity contribution >= 4 is 23.2 Å². The Kier molecular flexibility index (Phi) is 0.804. The molecule has 0 aromatic carbocycles. The van der Waals surface area contributed by atoms with Crippen molar-refractivity contribution in [2.45, 2.75) is 16.9 Å². The second-order valence-electron chi connectivity index (χ2n) is 1.49. The predicted molar refractivity (Wildman–Crippen MR) is 25.1 cm³/mol. The minimum Gasteiger partial charge on any atom is -0.373 e. The summed E-state index contributed by atoms with van der Waals surface area (Å²) >= 11 is 10.5. The van der Waals surface area contributed by atoms with Gasteiger partial charge in [0.2, 0.25) is 0 Å².